The monoisotopic (exact) mass is 1840 g/mol. The number of benzene rings is 12. The first-order chi connectivity index (χ1) is 69.9. The Morgan fingerprint density at radius 2 is 0.674 bits per heavy atom. The van der Waals surface area contributed by atoms with Gasteiger partial charge in [-0.1, -0.05) is 237 Å². The second kappa shape index (κ2) is 38.0. The molecular weight excluding hydrogens is 1750 g/mol. The molecule has 0 bridgehead atoms. The summed E-state index contributed by atoms with van der Waals surface area (Å²) < 4.78 is 56.4. The van der Waals surface area contributed by atoms with Crippen molar-refractivity contribution >= 4 is 166 Å². The van der Waals surface area contributed by atoms with Crippen LogP contribution in [0, 0.1) is 0 Å². The molecule has 0 fully saturated rings. The molecule has 12 aromatic carbocycles. The van der Waals surface area contributed by atoms with Crippen LogP contribution in [0.15, 0.2) is 459 Å². The quantitative estimate of drug-likeness (QED) is 0.134. The highest BCUT2D eigenvalue weighted by Gasteiger charge is 2.26. The van der Waals surface area contributed by atoms with Gasteiger partial charge in [-0.05, 0) is 187 Å². The maximum absolute atomic E-state index is 5.89. The Bertz CT molecular complexity index is 9220. The van der Waals surface area contributed by atoms with E-state index in [-0.39, 0.29) is 0 Å². The summed E-state index contributed by atoms with van der Waals surface area (Å²) in [4.78, 5) is 16.3. The molecule has 0 radical (unpaired) electrons. The molecule has 0 amide bonds. The normalized spacial score (nSPS) is 11.3. The lowest BCUT2D eigenvalue weighted by Crippen LogP contribution is -2.30. The van der Waals surface area contributed by atoms with Crippen molar-refractivity contribution in [2.24, 2.45) is 7.05 Å². The summed E-state index contributed by atoms with van der Waals surface area (Å²) in [5.74, 6) is 3.78. The number of rotatable bonds is 9. The van der Waals surface area contributed by atoms with Crippen LogP contribution in [-0.4, -0.2) is 56.3 Å². The molecule has 141 heavy (non-hydrogen) atoms. The standard InChI is InChI=1S/C26H16N2O2.C25H15N3O2.C21H15N3.C21H14N2O2.C20H14N4.4C2H6/c1-2-6-17(7-3-1)27-24-11-10-18(16-22(24)21-13-15-30-26(21)27)28-23-9-5-4-8-19(23)20-12-14-29-25(20)28;1-2-6-21-17(5-1)18-10-13-29-24(18)27(21)16-8-9-22-20(15-16)19-11-14-30-25(19)28(22)23-7-3-4-12-26-23;1-2-7-16(8-3-1)17-9-6-10-18(15-17)23-13-14-24-20-12-5-4-11-19(20)22-21(23)24;1-22-18-7-6-13(12-17(18)16-9-10-24-20(16)22)23-19-5-3-2-4-14(19)15-8-11-25-21(15)23;1-2-7-15(8-3-1)16-10-6-12-19(21-16)24-14-13-23-18-11-5-4-9-17(18)22-20(23)24;4*1-2/h1-16H;1-15H;1-15H;2-12H,1H3;1-14H;4*1-2H3/p+2. The predicted octanol–water partition coefficient (Wildman–Crippen LogP) is 31.4. The van der Waals surface area contributed by atoms with E-state index in [1.165, 1.54) is 38.2 Å². The highest BCUT2D eigenvalue weighted by atomic mass is 16.4. The number of aromatic nitrogens is 14. The lowest BCUT2D eigenvalue weighted by atomic mass is 10.1. The Morgan fingerprint density at radius 1 is 0.270 bits per heavy atom. The van der Waals surface area contributed by atoms with Crippen molar-refractivity contribution < 1.29 is 35.5 Å². The Labute approximate surface area is 809 Å². The lowest BCUT2D eigenvalue weighted by Gasteiger charge is -2.08. The Morgan fingerprint density at radius 3 is 1.22 bits per heavy atom. The third kappa shape index (κ3) is 15.2. The number of nitrogens with zero attached hydrogens (tertiary/aromatic N) is 12. The van der Waals surface area contributed by atoms with Gasteiger partial charge in [0.2, 0.25) is 40.1 Å². The third-order valence-electron chi connectivity index (χ3n) is 25.6. The molecule has 0 aliphatic heterocycles. The largest absolute Gasteiger partial charge is 0.448 e. The van der Waals surface area contributed by atoms with Crippen LogP contribution in [0.2, 0.25) is 0 Å². The molecule has 18 heterocycles. The SMILES string of the molecule is CC.CC.CC.CC.Cn1c2ccc(-n3c4ccccc4c4ccoc43)cc2c2ccoc21.c1ccc(-c2cccc(-[n+]3ccn4c5ccccc5[nH]c43)n2)cc1.c1ccc(-c2cccc(-n3cc[n+]4c5ccccc5[nH]c34)c2)cc1.c1ccc(-n2c3ccc(-n4c5ccccc5c5ccoc54)cc3c3ccoc32)cc1.c1ccc(-n2c3ccc(-n4c5ccccc5c5ccoc54)cc3c3ccoc32)nc1. The number of imidazole rings is 4. The van der Waals surface area contributed by atoms with Crippen molar-refractivity contribution in [1.29, 1.82) is 0 Å². The lowest BCUT2D eigenvalue weighted by molar-refractivity contribution is -0.572. The van der Waals surface area contributed by atoms with Crippen LogP contribution in [0.3, 0.4) is 0 Å². The van der Waals surface area contributed by atoms with Gasteiger partial charge in [0, 0.05) is 112 Å². The zero-order valence-corrected chi connectivity index (χ0v) is 79.3. The molecule has 30 rings (SSSR count). The van der Waals surface area contributed by atoms with Gasteiger partial charge in [-0.25, -0.2) is 18.9 Å². The molecule has 0 unspecified atom stereocenters. The molecule has 30 aromatic rings. The second-order valence-electron chi connectivity index (χ2n) is 32.9. The van der Waals surface area contributed by atoms with Crippen molar-refractivity contribution in [3.8, 4) is 62.5 Å². The number of H-pyrrole nitrogens is 2. The van der Waals surface area contributed by atoms with Crippen molar-refractivity contribution in [3.05, 3.63) is 433 Å². The first-order valence-electron chi connectivity index (χ1n) is 48.0. The van der Waals surface area contributed by atoms with E-state index >= 15 is 0 Å². The summed E-state index contributed by atoms with van der Waals surface area (Å²) in [7, 11) is 2.03. The summed E-state index contributed by atoms with van der Waals surface area (Å²) in [5, 5.41) is 13.7. The van der Waals surface area contributed by atoms with E-state index in [0.29, 0.717) is 0 Å². The van der Waals surface area contributed by atoms with E-state index in [4.69, 9.17) is 31.5 Å². The molecule has 0 atom stereocenters. The number of pyridine rings is 2. The predicted molar refractivity (Wildman–Crippen MR) is 572 cm³/mol. The van der Waals surface area contributed by atoms with Crippen molar-refractivity contribution in [1.82, 2.24) is 56.3 Å². The van der Waals surface area contributed by atoms with Crippen LogP contribution >= 0.6 is 0 Å². The Kier molecular flexibility index (Phi) is 23.6. The molecule has 0 saturated heterocycles. The Balaban J connectivity index is 0.0000000996. The average molecular weight is 1850 g/mol. The molecule has 0 aliphatic rings. The van der Waals surface area contributed by atoms with Gasteiger partial charge in [-0.3, -0.25) is 27.8 Å². The van der Waals surface area contributed by atoms with E-state index in [2.05, 4.69) is 315 Å². The third-order valence-corrected chi connectivity index (χ3v) is 25.6. The number of para-hydroxylation sites is 8. The van der Waals surface area contributed by atoms with Crippen molar-refractivity contribution in [3.63, 3.8) is 0 Å². The molecule has 0 spiro atoms. The number of fused-ring (bicyclic) bond motifs is 24. The van der Waals surface area contributed by atoms with Gasteiger partial charge >= 0.3 is 11.6 Å². The summed E-state index contributed by atoms with van der Waals surface area (Å²) in [5.41, 5.74) is 26.4. The molecule has 18 aromatic heterocycles. The molecule has 20 nitrogen and oxygen atoms in total. The molecule has 688 valence electrons. The van der Waals surface area contributed by atoms with E-state index < -0.39 is 0 Å². The van der Waals surface area contributed by atoms with Crippen LogP contribution in [-0.2, 0) is 7.05 Å². The van der Waals surface area contributed by atoms with Gasteiger partial charge in [0.25, 0.3) is 0 Å². The fourth-order valence-corrected chi connectivity index (χ4v) is 19.6. The number of hydrogen-bond donors (Lipinski definition) is 2. The number of nitrogens with one attached hydrogen (secondary N) is 2. The first kappa shape index (κ1) is 87.8. The molecule has 20 heteroatoms. The zero-order valence-electron chi connectivity index (χ0n) is 79.3. The van der Waals surface area contributed by atoms with Crippen LogP contribution in [0.1, 0.15) is 55.4 Å². The number of hydrogen-bond acceptors (Lipinski definition) is 8. The first-order valence-corrected chi connectivity index (χ1v) is 48.0. The fraction of sp³-hybridized carbons (Fsp3) is 0.0744. The van der Waals surface area contributed by atoms with Gasteiger partial charge in [-0.2, -0.15) is 8.97 Å². The smallest absolute Gasteiger partial charge is 0.372 e. The summed E-state index contributed by atoms with van der Waals surface area (Å²) >= 11 is 0. The zero-order chi connectivity index (χ0) is 95.7. The van der Waals surface area contributed by atoms with E-state index in [1.54, 1.807) is 43.8 Å². The number of furan rings is 6. The van der Waals surface area contributed by atoms with Crippen LogP contribution < -0.4 is 8.97 Å². The van der Waals surface area contributed by atoms with E-state index in [0.717, 1.165) is 190 Å². The van der Waals surface area contributed by atoms with Gasteiger partial charge in [0.05, 0.1) is 83.1 Å². The van der Waals surface area contributed by atoms with Crippen LogP contribution in [0.25, 0.3) is 228 Å². The summed E-state index contributed by atoms with van der Waals surface area (Å²) in [6, 6.07) is 125. The van der Waals surface area contributed by atoms with Crippen molar-refractivity contribution in [2.45, 2.75) is 55.4 Å². The van der Waals surface area contributed by atoms with Crippen molar-refractivity contribution in [2.75, 3.05) is 0 Å². The highest BCUT2D eigenvalue weighted by Crippen LogP contribution is 2.42. The van der Waals surface area contributed by atoms with Crippen LogP contribution in [0.4, 0.5) is 0 Å². The summed E-state index contributed by atoms with van der Waals surface area (Å²) in [6.45, 7) is 16.0. The van der Waals surface area contributed by atoms with Gasteiger partial charge in [0.15, 0.2) is 0 Å². The summed E-state index contributed by atoms with van der Waals surface area (Å²) in [6.07, 6.45) is 20.6. The molecule has 0 saturated carbocycles. The second-order valence-corrected chi connectivity index (χ2v) is 32.9. The highest BCUT2D eigenvalue weighted by molar-refractivity contribution is 6.14. The minimum atomic E-state index is 0.793. The average Bonchev–Trinajstić information content (AvgIpc) is 1.57. The maximum Gasteiger partial charge on any atom is 0.372 e. The fourth-order valence-electron chi connectivity index (χ4n) is 19.6. The molecule has 2 N–H and O–H groups in total. The minimum absolute atomic E-state index is 0.793. The number of aryl methyl sites for hydroxylation is 1. The maximum atomic E-state index is 5.89. The van der Waals surface area contributed by atoms with E-state index in [9.17, 15) is 0 Å². The Hall–Kier alpha value is -18.6. The van der Waals surface area contributed by atoms with Gasteiger partial charge < -0.3 is 31.1 Å². The number of aromatic amines is 2. The minimum Gasteiger partial charge on any atom is -0.448 e. The van der Waals surface area contributed by atoms with E-state index in [1.807, 2.05) is 196 Å². The topological polar surface area (TPSA) is 183 Å². The van der Waals surface area contributed by atoms with Crippen LogP contribution in [0.5, 0.6) is 0 Å². The molecular formula is C121H100N14O6+2. The van der Waals surface area contributed by atoms with Gasteiger partial charge in [-0.15, -0.1) is 4.98 Å². The van der Waals surface area contributed by atoms with Gasteiger partial charge in [0.1, 0.15) is 51.7 Å². The molecule has 0 aliphatic carbocycles.